The summed E-state index contributed by atoms with van der Waals surface area (Å²) in [6.45, 7) is 7.06. The van der Waals surface area contributed by atoms with Crippen LogP contribution >= 0.6 is 0 Å². The summed E-state index contributed by atoms with van der Waals surface area (Å²) in [6, 6.07) is 7.41. The first-order chi connectivity index (χ1) is 10.6. The second-order valence-corrected chi connectivity index (χ2v) is 6.70. The van der Waals surface area contributed by atoms with E-state index in [0.717, 1.165) is 36.9 Å². The molecule has 1 fully saturated rings. The van der Waals surface area contributed by atoms with Crippen LogP contribution in [0.25, 0.3) is 0 Å². The average molecular weight is 300 g/mol. The molecule has 1 aromatic carbocycles. The number of amides is 2. The summed E-state index contributed by atoms with van der Waals surface area (Å²) in [5, 5.41) is 0. The molecule has 2 aliphatic rings. The summed E-state index contributed by atoms with van der Waals surface area (Å²) in [5.41, 5.74) is 1.75. The third-order valence-corrected chi connectivity index (χ3v) is 4.61. The molecule has 0 unspecified atom stereocenters. The maximum Gasteiger partial charge on any atom is 0.256 e. The molecule has 1 aromatic rings. The van der Waals surface area contributed by atoms with Crippen LogP contribution in [0.2, 0.25) is 0 Å². The molecular formula is C18H24N2O2. The third-order valence-electron chi connectivity index (χ3n) is 4.61. The van der Waals surface area contributed by atoms with Gasteiger partial charge in [-0.05, 0) is 24.8 Å². The van der Waals surface area contributed by atoms with Gasteiger partial charge in [0.1, 0.15) is 12.2 Å². The quantitative estimate of drug-likeness (QED) is 0.838. The predicted octanol–water partition coefficient (Wildman–Crippen LogP) is 3.20. The highest BCUT2D eigenvalue weighted by Gasteiger charge is 2.53. The lowest BCUT2D eigenvalue weighted by atomic mass is 10.0. The lowest BCUT2D eigenvalue weighted by Gasteiger charge is -2.25. The second-order valence-electron chi connectivity index (χ2n) is 6.70. The zero-order valence-corrected chi connectivity index (χ0v) is 13.6. The van der Waals surface area contributed by atoms with Crippen molar-refractivity contribution in [3.8, 4) is 0 Å². The maximum atomic E-state index is 12.8. The van der Waals surface area contributed by atoms with Gasteiger partial charge in [-0.15, -0.1) is 0 Å². The number of carbonyl (C=O) groups excluding carboxylic acids is 2. The topological polar surface area (TPSA) is 40.6 Å². The summed E-state index contributed by atoms with van der Waals surface area (Å²) < 4.78 is 0. The Kier molecular flexibility index (Phi) is 3.94. The number of rotatable bonds is 5. The van der Waals surface area contributed by atoms with E-state index in [1.165, 1.54) is 0 Å². The highest BCUT2D eigenvalue weighted by atomic mass is 16.2. The van der Waals surface area contributed by atoms with Crippen LogP contribution in [0, 0.1) is 5.92 Å². The van der Waals surface area contributed by atoms with Gasteiger partial charge in [0.2, 0.25) is 5.91 Å². The van der Waals surface area contributed by atoms with Crippen LogP contribution < -0.4 is 0 Å². The highest BCUT2D eigenvalue weighted by Crippen LogP contribution is 2.44. The van der Waals surface area contributed by atoms with Crippen LogP contribution in [-0.2, 0) is 4.79 Å². The fraction of sp³-hybridized carbons (Fsp3) is 0.556. The molecule has 0 radical (unpaired) electrons. The minimum Gasteiger partial charge on any atom is -0.316 e. The number of fused-ring (bicyclic) bond motifs is 3. The van der Waals surface area contributed by atoms with Gasteiger partial charge in [-0.25, -0.2) is 0 Å². The molecule has 2 aliphatic heterocycles. The zero-order valence-electron chi connectivity index (χ0n) is 13.6. The van der Waals surface area contributed by atoms with Crippen LogP contribution in [0.1, 0.15) is 62.1 Å². The Hall–Kier alpha value is -1.84. The highest BCUT2D eigenvalue weighted by molar-refractivity contribution is 6.04. The van der Waals surface area contributed by atoms with Crippen molar-refractivity contribution in [3.63, 3.8) is 0 Å². The van der Waals surface area contributed by atoms with E-state index in [0.29, 0.717) is 5.92 Å². The van der Waals surface area contributed by atoms with E-state index in [2.05, 4.69) is 20.8 Å². The molecule has 0 bridgehead atoms. The fourth-order valence-electron chi connectivity index (χ4n) is 3.60. The Morgan fingerprint density at radius 3 is 2.59 bits per heavy atom. The second kappa shape index (κ2) is 5.75. The molecule has 1 saturated heterocycles. The van der Waals surface area contributed by atoms with Crippen molar-refractivity contribution in [2.75, 3.05) is 6.54 Å². The first-order valence-electron chi connectivity index (χ1n) is 8.28. The van der Waals surface area contributed by atoms with Gasteiger partial charge >= 0.3 is 0 Å². The smallest absolute Gasteiger partial charge is 0.256 e. The monoisotopic (exact) mass is 300 g/mol. The van der Waals surface area contributed by atoms with Crippen molar-refractivity contribution in [3.05, 3.63) is 35.4 Å². The van der Waals surface area contributed by atoms with Gasteiger partial charge in [-0.3, -0.25) is 9.59 Å². The van der Waals surface area contributed by atoms with Crippen molar-refractivity contribution < 1.29 is 9.59 Å². The Balaban J connectivity index is 2.00. The normalized spacial score (nSPS) is 23.5. The first-order valence-corrected chi connectivity index (χ1v) is 8.28. The molecule has 0 spiro atoms. The van der Waals surface area contributed by atoms with Crippen molar-refractivity contribution >= 4 is 11.8 Å². The Labute approximate surface area is 132 Å². The SMILES string of the molecule is CCCCN1C(=O)[C@H](CC(C)C)N2C(=O)c3ccccc3[C@@H]12. The summed E-state index contributed by atoms with van der Waals surface area (Å²) in [5.74, 6) is 0.519. The van der Waals surface area contributed by atoms with Crippen molar-refractivity contribution in [2.24, 2.45) is 5.92 Å². The van der Waals surface area contributed by atoms with Crippen molar-refractivity contribution in [1.29, 1.82) is 0 Å². The van der Waals surface area contributed by atoms with E-state index in [-0.39, 0.29) is 24.0 Å². The van der Waals surface area contributed by atoms with Gasteiger partial charge in [0.25, 0.3) is 5.91 Å². The van der Waals surface area contributed by atoms with Gasteiger partial charge in [0.05, 0.1) is 0 Å². The Bertz CT molecular complexity index is 597. The van der Waals surface area contributed by atoms with E-state index in [1.54, 1.807) is 0 Å². The molecular weight excluding hydrogens is 276 g/mol. The van der Waals surface area contributed by atoms with Crippen LogP contribution in [0.15, 0.2) is 24.3 Å². The number of hydrogen-bond acceptors (Lipinski definition) is 2. The molecule has 3 rings (SSSR count). The lowest BCUT2D eigenvalue weighted by molar-refractivity contribution is -0.130. The first kappa shape index (κ1) is 15.1. The number of carbonyl (C=O) groups is 2. The summed E-state index contributed by atoms with van der Waals surface area (Å²) in [7, 11) is 0. The van der Waals surface area contributed by atoms with Crippen molar-refractivity contribution in [1.82, 2.24) is 9.80 Å². The number of benzene rings is 1. The molecule has 4 heteroatoms. The molecule has 118 valence electrons. The molecule has 2 amide bonds. The summed E-state index contributed by atoms with van der Waals surface area (Å²) in [6.07, 6.45) is 2.56. The van der Waals surface area contributed by atoms with Crippen LogP contribution in [-0.4, -0.2) is 34.2 Å². The number of nitrogens with zero attached hydrogens (tertiary/aromatic N) is 2. The molecule has 0 aliphatic carbocycles. The molecule has 22 heavy (non-hydrogen) atoms. The zero-order chi connectivity index (χ0) is 15.9. The number of hydrogen-bond donors (Lipinski definition) is 0. The molecule has 2 atom stereocenters. The largest absolute Gasteiger partial charge is 0.316 e. The van der Waals surface area contributed by atoms with Gasteiger partial charge in [-0.2, -0.15) is 0 Å². The van der Waals surface area contributed by atoms with E-state index in [9.17, 15) is 9.59 Å². The summed E-state index contributed by atoms with van der Waals surface area (Å²) >= 11 is 0. The third kappa shape index (κ3) is 2.21. The molecule has 0 saturated carbocycles. The van der Waals surface area contributed by atoms with Gasteiger partial charge < -0.3 is 9.80 Å². The number of unbranched alkanes of at least 4 members (excludes halogenated alkanes) is 1. The van der Waals surface area contributed by atoms with Gasteiger partial charge in [-0.1, -0.05) is 45.4 Å². The summed E-state index contributed by atoms with van der Waals surface area (Å²) in [4.78, 5) is 29.4. The minimum atomic E-state index is -0.304. The van der Waals surface area contributed by atoms with Crippen LogP contribution in [0.4, 0.5) is 0 Å². The lowest BCUT2D eigenvalue weighted by Crippen LogP contribution is -2.37. The van der Waals surface area contributed by atoms with Gasteiger partial charge in [0.15, 0.2) is 0 Å². The van der Waals surface area contributed by atoms with Crippen molar-refractivity contribution in [2.45, 2.75) is 52.2 Å². The van der Waals surface area contributed by atoms with Crippen LogP contribution in [0.3, 0.4) is 0 Å². The Morgan fingerprint density at radius 2 is 1.91 bits per heavy atom. The van der Waals surface area contributed by atoms with E-state index < -0.39 is 0 Å². The minimum absolute atomic E-state index is 0.0126. The fourth-order valence-corrected chi connectivity index (χ4v) is 3.60. The van der Waals surface area contributed by atoms with E-state index >= 15 is 0 Å². The molecule has 0 aromatic heterocycles. The van der Waals surface area contributed by atoms with Gasteiger partial charge in [0, 0.05) is 17.7 Å². The predicted molar refractivity (Wildman–Crippen MR) is 85.2 cm³/mol. The van der Waals surface area contributed by atoms with E-state index in [4.69, 9.17) is 0 Å². The molecule has 2 heterocycles. The molecule has 0 N–H and O–H groups in total. The average Bonchev–Trinajstić information content (AvgIpc) is 2.93. The molecule has 4 nitrogen and oxygen atoms in total. The van der Waals surface area contributed by atoms with E-state index in [1.807, 2.05) is 34.1 Å². The standard InChI is InChI=1S/C18H24N2O2/c1-4-5-10-19-16-13-8-6-7-9-14(13)17(21)20(16)15(18(19)22)11-12(2)3/h6-9,12,15-16H,4-5,10-11H2,1-3H3/t15-,16-/m0/s1. The Morgan fingerprint density at radius 1 is 1.18 bits per heavy atom. The van der Waals surface area contributed by atoms with Crippen LogP contribution in [0.5, 0.6) is 0 Å². The maximum absolute atomic E-state index is 12.8.